The minimum Gasteiger partial charge on any atom is -0.494 e. The van der Waals surface area contributed by atoms with E-state index in [0.717, 1.165) is 64.2 Å². The van der Waals surface area contributed by atoms with Crippen LogP contribution in [0.3, 0.4) is 0 Å². The predicted octanol–water partition coefficient (Wildman–Crippen LogP) is 22.2. The summed E-state index contributed by atoms with van der Waals surface area (Å²) in [6.45, 7) is 9.78. The second-order valence-electron chi connectivity index (χ2n) is 20.8. The molecule has 0 saturated carbocycles. The molecule has 0 fully saturated rings. The van der Waals surface area contributed by atoms with Crippen LogP contribution in [-0.2, 0) is 0 Å². The average Bonchev–Trinajstić information content (AvgIpc) is 4.22. The largest absolute Gasteiger partial charge is 0.494 e. The van der Waals surface area contributed by atoms with Crippen LogP contribution in [0, 0.1) is 0 Å². The number of ether oxygens (including phenoxy) is 2. The van der Waals surface area contributed by atoms with Gasteiger partial charge < -0.3 is 19.3 Å². The quantitative estimate of drug-likeness (QED) is 0.0494. The van der Waals surface area contributed by atoms with Crippen molar-refractivity contribution >= 4 is 123 Å². The molecule has 0 aromatic heterocycles. The number of nitrogens with zero attached hydrogens (tertiary/aromatic N) is 2. The summed E-state index contributed by atoms with van der Waals surface area (Å²) in [5, 5.41) is 15.2. The summed E-state index contributed by atoms with van der Waals surface area (Å²) in [6.07, 6.45) is 4.50. The van der Waals surface area contributed by atoms with Crippen LogP contribution in [0.4, 0.5) is 34.1 Å². The van der Waals surface area contributed by atoms with Crippen molar-refractivity contribution in [1.82, 2.24) is 0 Å². The summed E-state index contributed by atoms with van der Waals surface area (Å²) in [6, 6.07) is 81.1. The molecule has 4 nitrogen and oxygen atoms in total. The number of benzene rings is 11. The summed E-state index contributed by atoms with van der Waals surface area (Å²) in [5.74, 6) is 2.84. The van der Waals surface area contributed by atoms with Crippen LogP contribution >= 0.6 is 24.4 Å². The number of fused-ring (bicyclic) bond motifs is 6. The Morgan fingerprint density at radius 3 is 1.20 bits per heavy atom. The van der Waals surface area contributed by atoms with E-state index in [1.807, 2.05) is 25.6 Å². The molecule has 13 aromatic rings. The molecule has 6 heteroatoms. The summed E-state index contributed by atoms with van der Waals surface area (Å²) < 4.78 is 12.0. The molecule has 0 aliphatic heterocycles. The molecule has 80 heavy (non-hydrogen) atoms. The third kappa shape index (κ3) is 8.99. The number of thioether (sulfide) groups is 1. The lowest BCUT2D eigenvalue weighted by atomic mass is 9.87. The van der Waals surface area contributed by atoms with Crippen molar-refractivity contribution in [2.24, 2.45) is 0 Å². The normalized spacial score (nSPS) is 12.2. The molecule has 0 bridgehead atoms. The molecule has 0 amide bonds. The molecule has 394 valence electrons. The summed E-state index contributed by atoms with van der Waals surface area (Å²) >= 11 is 6.94. The lowest BCUT2D eigenvalue weighted by Crippen LogP contribution is -2.10. The molecule has 0 aliphatic rings. The standard InChI is InChI=1S/C74H64N2O2S2/c1-5-9-47-80-57-41-35-54(36-42-57)76(53-33-39-56(40-34-53)78-8-4)65-46-44-63-70-59(65)24-17-26-61(70)72-68(50-21-14-11-15-22-50)73-62-43-45-64(58-23-16-25-60(69(58)62)71(73)67(74(63)72)49-19-12-10-13-20-49)75(52-31-37-55(38-32-52)77-7-3)51-29-27-48(28-30-51)66(79)18-6-2/h10-17,19-46,66,79H,5-9,18,47H2,1-4H3. The van der Waals surface area contributed by atoms with Crippen molar-refractivity contribution in [3.8, 4) is 33.8 Å². The van der Waals surface area contributed by atoms with Gasteiger partial charge in [0, 0.05) is 43.7 Å². The van der Waals surface area contributed by atoms with Gasteiger partial charge >= 0.3 is 0 Å². The van der Waals surface area contributed by atoms with E-state index in [4.69, 9.17) is 22.1 Å². The zero-order valence-corrected chi connectivity index (χ0v) is 47.6. The Bertz CT molecular complexity index is 4180. The van der Waals surface area contributed by atoms with Crippen LogP contribution in [0.2, 0.25) is 0 Å². The second-order valence-corrected chi connectivity index (χ2v) is 22.6. The average molecular weight is 1080 g/mol. The zero-order valence-electron chi connectivity index (χ0n) is 45.9. The van der Waals surface area contributed by atoms with Crippen LogP contribution < -0.4 is 19.3 Å². The molecule has 13 rings (SSSR count). The molecule has 0 aliphatic carbocycles. The van der Waals surface area contributed by atoms with E-state index in [1.54, 1.807) is 0 Å². The van der Waals surface area contributed by atoms with Gasteiger partial charge in [-0.15, -0.1) is 11.8 Å². The minimum absolute atomic E-state index is 0.185. The van der Waals surface area contributed by atoms with E-state index in [1.165, 1.54) is 110 Å². The van der Waals surface area contributed by atoms with Gasteiger partial charge in [-0.1, -0.05) is 148 Å². The molecule has 0 heterocycles. The highest BCUT2D eigenvalue weighted by molar-refractivity contribution is 7.99. The first kappa shape index (κ1) is 51.3. The second kappa shape index (κ2) is 22.2. The number of unbranched alkanes of at least 4 members (excludes halogenated alkanes) is 1. The van der Waals surface area contributed by atoms with Gasteiger partial charge in [0.15, 0.2) is 0 Å². The predicted molar refractivity (Wildman–Crippen MR) is 349 cm³/mol. The Morgan fingerprint density at radius 1 is 0.388 bits per heavy atom. The molecular weight excluding hydrogens is 1010 g/mol. The highest BCUT2D eigenvalue weighted by atomic mass is 32.2. The Balaban J connectivity index is 1.10. The topological polar surface area (TPSA) is 24.9 Å². The van der Waals surface area contributed by atoms with Gasteiger partial charge in [-0.2, -0.15) is 12.6 Å². The van der Waals surface area contributed by atoms with Crippen molar-refractivity contribution in [1.29, 1.82) is 0 Å². The highest BCUT2D eigenvalue weighted by Gasteiger charge is 2.30. The van der Waals surface area contributed by atoms with Crippen LogP contribution in [0.15, 0.2) is 223 Å². The Labute approximate surface area is 479 Å². The van der Waals surface area contributed by atoms with Crippen LogP contribution in [0.25, 0.3) is 86.9 Å². The maximum absolute atomic E-state index is 5.98. The monoisotopic (exact) mass is 1080 g/mol. The highest BCUT2D eigenvalue weighted by Crippen LogP contribution is 2.58. The van der Waals surface area contributed by atoms with Gasteiger partial charge in [-0.05, 0) is 211 Å². The number of hydrogen-bond donors (Lipinski definition) is 1. The lowest BCUT2D eigenvalue weighted by molar-refractivity contribution is 0.340. The van der Waals surface area contributed by atoms with Gasteiger partial charge in [0.05, 0.1) is 24.6 Å². The van der Waals surface area contributed by atoms with Crippen LogP contribution in [-0.4, -0.2) is 19.0 Å². The Morgan fingerprint density at radius 2 is 0.787 bits per heavy atom. The number of anilines is 6. The molecule has 0 spiro atoms. The lowest BCUT2D eigenvalue weighted by Gasteiger charge is -2.27. The van der Waals surface area contributed by atoms with E-state index in [9.17, 15) is 0 Å². The molecule has 1 unspecified atom stereocenters. The molecule has 13 aromatic carbocycles. The Hall–Kier alpha value is -8.16. The Kier molecular flexibility index (Phi) is 14.2. The summed E-state index contributed by atoms with van der Waals surface area (Å²) in [4.78, 5) is 6.14. The van der Waals surface area contributed by atoms with Gasteiger partial charge in [-0.3, -0.25) is 0 Å². The van der Waals surface area contributed by atoms with Gasteiger partial charge in [0.2, 0.25) is 0 Å². The van der Waals surface area contributed by atoms with E-state index in [2.05, 4.69) is 242 Å². The first-order chi connectivity index (χ1) is 39.5. The third-order valence-corrected chi connectivity index (χ3v) is 17.6. The van der Waals surface area contributed by atoms with Crippen LogP contribution in [0.1, 0.15) is 64.2 Å². The van der Waals surface area contributed by atoms with Gasteiger partial charge in [0.25, 0.3) is 0 Å². The fourth-order valence-electron chi connectivity index (χ4n) is 12.5. The van der Waals surface area contributed by atoms with Crippen molar-refractivity contribution in [3.63, 3.8) is 0 Å². The van der Waals surface area contributed by atoms with E-state index in [-0.39, 0.29) is 5.25 Å². The summed E-state index contributed by atoms with van der Waals surface area (Å²) in [7, 11) is 0. The van der Waals surface area contributed by atoms with E-state index in [0.29, 0.717) is 13.2 Å². The van der Waals surface area contributed by atoms with Gasteiger partial charge in [0.1, 0.15) is 11.5 Å². The maximum Gasteiger partial charge on any atom is 0.119 e. The molecular formula is C74H64N2O2S2. The number of hydrogen-bond acceptors (Lipinski definition) is 6. The number of thiol groups is 1. The van der Waals surface area contributed by atoms with Crippen molar-refractivity contribution in [3.05, 3.63) is 224 Å². The van der Waals surface area contributed by atoms with Crippen molar-refractivity contribution in [2.45, 2.75) is 63.5 Å². The molecule has 0 N–H and O–H groups in total. The fourth-order valence-corrected chi connectivity index (χ4v) is 13.9. The van der Waals surface area contributed by atoms with Crippen molar-refractivity contribution in [2.75, 3.05) is 28.8 Å². The maximum atomic E-state index is 5.98. The van der Waals surface area contributed by atoms with E-state index >= 15 is 0 Å². The number of rotatable bonds is 19. The van der Waals surface area contributed by atoms with Crippen LogP contribution in [0.5, 0.6) is 11.5 Å². The molecule has 0 radical (unpaired) electrons. The fraction of sp³-hybridized carbons (Fsp3) is 0.162. The first-order valence-electron chi connectivity index (χ1n) is 28.5. The van der Waals surface area contributed by atoms with E-state index < -0.39 is 0 Å². The molecule has 0 saturated heterocycles. The zero-order chi connectivity index (χ0) is 54.3. The third-order valence-electron chi connectivity index (χ3n) is 16.0. The SMILES string of the molecule is CCCCSc1ccc(N(c2ccc(OCC)cc2)c2ccc3c4c(-c5ccccc5)c5c6cccc7c(N(c8ccc(OCC)cc8)c8ccc(C(S)CCC)cc8)ccc(c5c(-c5ccccc5)c4c4cccc2c43)c76)cc1. The van der Waals surface area contributed by atoms with Gasteiger partial charge in [-0.25, -0.2) is 0 Å². The van der Waals surface area contributed by atoms with Crippen molar-refractivity contribution < 1.29 is 9.47 Å². The minimum atomic E-state index is 0.185. The molecule has 1 atom stereocenters. The summed E-state index contributed by atoms with van der Waals surface area (Å²) in [5.41, 5.74) is 12.7. The smallest absolute Gasteiger partial charge is 0.119 e. The first-order valence-corrected chi connectivity index (χ1v) is 30.0.